The summed E-state index contributed by atoms with van der Waals surface area (Å²) in [5.41, 5.74) is 0. The molecule has 0 unspecified atom stereocenters. The second-order valence-electron chi connectivity index (χ2n) is 5.42. The van der Waals surface area contributed by atoms with E-state index in [1.807, 2.05) is 0 Å². The third kappa shape index (κ3) is 3.51. The van der Waals surface area contributed by atoms with Crippen LogP contribution in [0.15, 0.2) is 0 Å². The number of hydrogen-bond acceptors (Lipinski definition) is 5. The Morgan fingerprint density at radius 2 is 2.05 bits per heavy atom. The van der Waals surface area contributed by atoms with Gasteiger partial charge >= 0.3 is 5.97 Å². The zero-order chi connectivity index (χ0) is 15.4. The summed E-state index contributed by atoms with van der Waals surface area (Å²) in [6, 6.07) is -2.22. The number of nitrogens with zero attached hydrogens (tertiary/aromatic N) is 1. The van der Waals surface area contributed by atoms with Gasteiger partial charge in [-0.25, -0.2) is 4.79 Å². The van der Waals surface area contributed by atoms with Crippen molar-refractivity contribution < 1.29 is 24.6 Å². The molecule has 2 saturated heterocycles. The standard InChI is InChI=1S/C13H21N3O5/c17-7-9(13(20)21)15-11(18)10-4-2-6-16(10)12(19)8-3-1-5-14-8/h8-10,14,17H,1-7H2,(H,15,18)(H,20,21)/t8-,9-,10-/m0/s1. The second kappa shape index (κ2) is 6.86. The van der Waals surface area contributed by atoms with Crippen molar-refractivity contribution >= 4 is 17.8 Å². The van der Waals surface area contributed by atoms with Crippen LogP contribution in [0.1, 0.15) is 25.7 Å². The first-order chi connectivity index (χ1) is 10.0. The molecule has 0 aromatic carbocycles. The Morgan fingerprint density at radius 3 is 2.62 bits per heavy atom. The number of carbonyl (C=O) groups is 3. The summed E-state index contributed by atoms with van der Waals surface area (Å²) in [4.78, 5) is 36.9. The van der Waals surface area contributed by atoms with Crippen LogP contribution in [-0.4, -0.2) is 70.7 Å². The minimum Gasteiger partial charge on any atom is -0.480 e. The maximum absolute atomic E-state index is 12.4. The number of amides is 2. The van der Waals surface area contributed by atoms with Crippen molar-refractivity contribution in [3.8, 4) is 0 Å². The van der Waals surface area contributed by atoms with Gasteiger partial charge in [0, 0.05) is 6.54 Å². The van der Waals surface area contributed by atoms with E-state index in [-0.39, 0.29) is 11.9 Å². The van der Waals surface area contributed by atoms with Crippen LogP contribution >= 0.6 is 0 Å². The lowest BCUT2D eigenvalue weighted by Gasteiger charge is -2.27. The van der Waals surface area contributed by atoms with Crippen LogP contribution in [0.25, 0.3) is 0 Å². The Morgan fingerprint density at radius 1 is 1.29 bits per heavy atom. The lowest BCUT2D eigenvalue weighted by molar-refractivity contribution is -0.145. The van der Waals surface area contributed by atoms with E-state index >= 15 is 0 Å². The number of carbonyl (C=O) groups excluding carboxylic acids is 2. The third-order valence-electron chi connectivity index (χ3n) is 3.99. The molecule has 0 aromatic rings. The summed E-state index contributed by atoms with van der Waals surface area (Å²) in [6.07, 6.45) is 2.93. The lowest BCUT2D eigenvalue weighted by atomic mass is 10.1. The summed E-state index contributed by atoms with van der Waals surface area (Å²) < 4.78 is 0. The maximum Gasteiger partial charge on any atom is 0.328 e. The van der Waals surface area contributed by atoms with E-state index in [9.17, 15) is 14.4 Å². The molecule has 2 aliphatic heterocycles. The van der Waals surface area contributed by atoms with Crippen LogP contribution < -0.4 is 10.6 Å². The average Bonchev–Trinajstić information content (AvgIpc) is 3.13. The number of rotatable bonds is 5. The predicted molar refractivity (Wildman–Crippen MR) is 72.4 cm³/mol. The SMILES string of the molecule is O=C(O)[C@H](CO)NC(=O)[C@@H]1CCCN1C(=O)[C@@H]1CCCN1. The molecule has 3 atom stereocenters. The highest BCUT2D eigenvalue weighted by atomic mass is 16.4. The highest BCUT2D eigenvalue weighted by molar-refractivity contribution is 5.92. The summed E-state index contributed by atoms with van der Waals surface area (Å²) in [5, 5.41) is 23.2. The van der Waals surface area contributed by atoms with Crippen molar-refractivity contribution in [1.82, 2.24) is 15.5 Å². The minimum absolute atomic E-state index is 0.0963. The molecule has 2 rings (SSSR count). The monoisotopic (exact) mass is 299 g/mol. The number of aliphatic hydroxyl groups excluding tert-OH is 1. The maximum atomic E-state index is 12.4. The van der Waals surface area contributed by atoms with Crippen molar-refractivity contribution in [2.75, 3.05) is 19.7 Å². The molecule has 0 aromatic heterocycles. The summed E-state index contributed by atoms with van der Waals surface area (Å²) >= 11 is 0. The molecule has 2 heterocycles. The molecule has 21 heavy (non-hydrogen) atoms. The Bertz CT molecular complexity index is 422. The zero-order valence-electron chi connectivity index (χ0n) is 11.7. The van der Waals surface area contributed by atoms with Gasteiger partial charge < -0.3 is 25.7 Å². The summed E-state index contributed by atoms with van der Waals surface area (Å²) in [5.74, 6) is -1.90. The van der Waals surface area contributed by atoms with Crippen molar-refractivity contribution in [3.63, 3.8) is 0 Å². The zero-order valence-corrected chi connectivity index (χ0v) is 11.7. The lowest BCUT2D eigenvalue weighted by Crippen LogP contribution is -2.54. The van der Waals surface area contributed by atoms with Crippen LogP contribution in [0.5, 0.6) is 0 Å². The topological polar surface area (TPSA) is 119 Å². The Balaban J connectivity index is 1.98. The number of aliphatic hydroxyl groups is 1. The van der Waals surface area contributed by atoms with Gasteiger partial charge in [0.1, 0.15) is 12.1 Å². The number of nitrogens with one attached hydrogen (secondary N) is 2. The highest BCUT2D eigenvalue weighted by Gasteiger charge is 2.38. The summed E-state index contributed by atoms with van der Waals surface area (Å²) in [7, 11) is 0. The molecule has 0 aliphatic carbocycles. The van der Waals surface area contributed by atoms with Gasteiger partial charge in [-0.1, -0.05) is 0 Å². The first-order valence-corrected chi connectivity index (χ1v) is 7.22. The molecular formula is C13H21N3O5. The third-order valence-corrected chi connectivity index (χ3v) is 3.99. The van der Waals surface area contributed by atoms with Gasteiger partial charge in [0.25, 0.3) is 0 Å². The molecule has 4 N–H and O–H groups in total. The Labute approximate surface area is 122 Å². The molecule has 0 spiro atoms. The van der Waals surface area contributed by atoms with Crippen LogP contribution in [0.3, 0.4) is 0 Å². The van der Waals surface area contributed by atoms with E-state index in [4.69, 9.17) is 10.2 Å². The van der Waals surface area contributed by atoms with Gasteiger partial charge in [-0.2, -0.15) is 0 Å². The molecule has 2 aliphatic rings. The molecule has 0 radical (unpaired) electrons. The van der Waals surface area contributed by atoms with Gasteiger partial charge in [0.2, 0.25) is 11.8 Å². The quantitative estimate of drug-likeness (QED) is 0.480. The first kappa shape index (κ1) is 15.7. The van der Waals surface area contributed by atoms with Crippen molar-refractivity contribution in [2.45, 2.75) is 43.8 Å². The fourth-order valence-electron chi connectivity index (χ4n) is 2.85. The molecule has 8 heteroatoms. The van der Waals surface area contributed by atoms with E-state index < -0.39 is 30.6 Å². The fraction of sp³-hybridized carbons (Fsp3) is 0.769. The van der Waals surface area contributed by atoms with Gasteiger partial charge in [0.15, 0.2) is 0 Å². The van der Waals surface area contributed by atoms with Crippen molar-refractivity contribution in [3.05, 3.63) is 0 Å². The molecule has 8 nitrogen and oxygen atoms in total. The molecule has 0 bridgehead atoms. The smallest absolute Gasteiger partial charge is 0.328 e. The molecule has 2 fully saturated rings. The van der Waals surface area contributed by atoms with E-state index in [2.05, 4.69) is 10.6 Å². The Kier molecular flexibility index (Phi) is 5.13. The molecule has 2 amide bonds. The number of carboxylic acid groups (broad SMARTS) is 1. The van der Waals surface area contributed by atoms with E-state index in [0.29, 0.717) is 19.4 Å². The van der Waals surface area contributed by atoms with Crippen LogP contribution in [0.2, 0.25) is 0 Å². The Hall–Kier alpha value is -1.67. The normalized spacial score (nSPS) is 26.6. The van der Waals surface area contributed by atoms with Gasteiger partial charge in [-0.05, 0) is 32.2 Å². The molecule has 0 saturated carbocycles. The number of aliphatic carboxylic acids is 1. The second-order valence-corrected chi connectivity index (χ2v) is 5.42. The molecular weight excluding hydrogens is 278 g/mol. The molecule has 118 valence electrons. The number of likely N-dealkylation sites (tertiary alicyclic amines) is 1. The first-order valence-electron chi connectivity index (χ1n) is 7.22. The number of carboxylic acids is 1. The summed E-state index contributed by atoms with van der Waals surface area (Å²) in [6.45, 7) is 0.630. The van der Waals surface area contributed by atoms with Gasteiger partial charge in [0.05, 0.1) is 12.6 Å². The van der Waals surface area contributed by atoms with Gasteiger partial charge in [-0.15, -0.1) is 0 Å². The van der Waals surface area contributed by atoms with Crippen molar-refractivity contribution in [1.29, 1.82) is 0 Å². The average molecular weight is 299 g/mol. The predicted octanol–water partition coefficient (Wildman–Crippen LogP) is -1.71. The van der Waals surface area contributed by atoms with Crippen LogP contribution in [0, 0.1) is 0 Å². The van der Waals surface area contributed by atoms with E-state index in [1.165, 1.54) is 4.90 Å². The minimum atomic E-state index is -1.33. The van der Waals surface area contributed by atoms with Crippen LogP contribution in [-0.2, 0) is 14.4 Å². The van der Waals surface area contributed by atoms with Gasteiger partial charge in [-0.3, -0.25) is 9.59 Å². The largest absolute Gasteiger partial charge is 0.480 e. The van der Waals surface area contributed by atoms with E-state index in [1.54, 1.807) is 0 Å². The van der Waals surface area contributed by atoms with Crippen molar-refractivity contribution in [2.24, 2.45) is 0 Å². The highest BCUT2D eigenvalue weighted by Crippen LogP contribution is 2.20. The fourth-order valence-corrected chi connectivity index (χ4v) is 2.85. The van der Waals surface area contributed by atoms with Crippen LogP contribution in [0.4, 0.5) is 0 Å². The number of hydrogen-bond donors (Lipinski definition) is 4. The van der Waals surface area contributed by atoms with E-state index in [0.717, 1.165) is 19.4 Å².